The fourth-order valence-corrected chi connectivity index (χ4v) is 4.76. The van der Waals surface area contributed by atoms with Crippen molar-refractivity contribution in [2.45, 2.75) is 58.7 Å². The van der Waals surface area contributed by atoms with E-state index < -0.39 is 11.6 Å². The molecule has 1 atom stereocenters. The lowest BCUT2D eigenvalue weighted by molar-refractivity contribution is 0.0657. The molecule has 1 aliphatic heterocycles. The Morgan fingerprint density at radius 3 is 2.43 bits per heavy atom. The normalized spacial score (nSPS) is 16.2. The Hall–Kier alpha value is -2.09. The minimum atomic E-state index is -0.914. The van der Waals surface area contributed by atoms with E-state index >= 15 is 0 Å². The third kappa shape index (κ3) is 4.96. The molecule has 1 N–H and O–H groups in total. The predicted octanol–water partition coefficient (Wildman–Crippen LogP) is 5.20. The SMILES string of the molecule is C[C@@H]1Cc2ccccc2CN1C(=O)c1ccc(CCN(C(=O)O)C(C)(C)C)cc1I. The van der Waals surface area contributed by atoms with Gasteiger partial charge >= 0.3 is 6.09 Å². The zero-order chi connectivity index (χ0) is 22.1. The summed E-state index contributed by atoms with van der Waals surface area (Å²) in [6, 6.07) is 14.3. The molecule has 30 heavy (non-hydrogen) atoms. The highest BCUT2D eigenvalue weighted by Gasteiger charge is 2.29. The summed E-state index contributed by atoms with van der Waals surface area (Å²) in [7, 11) is 0. The predicted molar refractivity (Wildman–Crippen MR) is 127 cm³/mol. The van der Waals surface area contributed by atoms with Gasteiger partial charge in [0.2, 0.25) is 0 Å². The van der Waals surface area contributed by atoms with Gasteiger partial charge in [0.05, 0.1) is 5.56 Å². The van der Waals surface area contributed by atoms with Gasteiger partial charge in [-0.25, -0.2) is 4.79 Å². The van der Waals surface area contributed by atoms with Crippen LogP contribution in [-0.4, -0.2) is 45.0 Å². The number of halogens is 1. The van der Waals surface area contributed by atoms with Crippen LogP contribution in [-0.2, 0) is 19.4 Å². The summed E-state index contributed by atoms with van der Waals surface area (Å²) in [5.41, 5.74) is 3.82. The third-order valence-corrected chi connectivity index (χ3v) is 6.59. The van der Waals surface area contributed by atoms with Crippen LogP contribution in [0, 0.1) is 3.57 Å². The summed E-state index contributed by atoms with van der Waals surface area (Å²) >= 11 is 2.21. The molecule has 0 fully saturated rings. The standard InChI is InChI=1S/C24H29IN2O3/c1-16-13-18-7-5-6-8-19(18)15-26(16)22(28)20-10-9-17(14-21(20)25)11-12-27(23(29)30)24(2,3)4/h5-10,14,16H,11-13,15H2,1-4H3,(H,29,30)/t16-/m1/s1. The summed E-state index contributed by atoms with van der Waals surface area (Å²) in [6.07, 6.45) is 0.569. The van der Waals surface area contributed by atoms with E-state index in [0.29, 0.717) is 25.1 Å². The molecule has 160 valence electrons. The van der Waals surface area contributed by atoms with E-state index in [1.54, 1.807) is 0 Å². The van der Waals surface area contributed by atoms with Crippen molar-refractivity contribution in [2.24, 2.45) is 0 Å². The molecule has 0 saturated heterocycles. The first-order chi connectivity index (χ1) is 14.1. The second kappa shape index (κ2) is 8.96. The van der Waals surface area contributed by atoms with Crippen LogP contribution < -0.4 is 0 Å². The number of rotatable bonds is 4. The van der Waals surface area contributed by atoms with Gasteiger partial charge in [0.15, 0.2) is 0 Å². The van der Waals surface area contributed by atoms with Crippen molar-refractivity contribution in [3.63, 3.8) is 0 Å². The third-order valence-electron chi connectivity index (χ3n) is 5.70. The van der Waals surface area contributed by atoms with E-state index in [-0.39, 0.29) is 11.9 Å². The Kier molecular flexibility index (Phi) is 6.75. The first kappa shape index (κ1) is 22.6. The zero-order valence-electron chi connectivity index (χ0n) is 18.0. The Morgan fingerprint density at radius 2 is 1.83 bits per heavy atom. The maximum Gasteiger partial charge on any atom is 0.407 e. The summed E-state index contributed by atoms with van der Waals surface area (Å²) in [5, 5.41) is 9.47. The molecule has 6 heteroatoms. The molecular weight excluding hydrogens is 491 g/mol. The zero-order valence-corrected chi connectivity index (χ0v) is 20.1. The molecule has 3 rings (SSSR count). The van der Waals surface area contributed by atoms with Gasteiger partial charge in [-0.05, 0) is 92.0 Å². The summed E-state index contributed by atoms with van der Waals surface area (Å²) < 4.78 is 0.902. The van der Waals surface area contributed by atoms with Gasteiger partial charge in [-0.1, -0.05) is 30.3 Å². The molecule has 2 aromatic carbocycles. The van der Waals surface area contributed by atoms with Gasteiger partial charge in [0, 0.05) is 28.2 Å². The maximum atomic E-state index is 13.3. The van der Waals surface area contributed by atoms with Crippen LogP contribution in [0.3, 0.4) is 0 Å². The van der Waals surface area contributed by atoms with Gasteiger partial charge in [0.1, 0.15) is 0 Å². The first-order valence-corrected chi connectivity index (χ1v) is 11.3. The first-order valence-electron chi connectivity index (χ1n) is 10.2. The number of hydrogen-bond donors (Lipinski definition) is 1. The van der Waals surface area contributed by atoms with E-state index in [1.807, 2.05) is 49.9 Å². The largest absolute Gasteiger partial charge is 0.465 e. The van der Waals surface area contributed by atoms with Gasteiger partial charge in [-0.3, -0.25) is 4.79 Å². The lowest BCUT2D eigenvalue weighted by Gasteiger charge is -2.35. The molecule has 1 heterocycles. The molecule has 0 saturated carbocycles. The molecule has 0 unspecified atom stereocenters. The quantitative estimate of drug-likeness (QED) is 0.564. The van der Waals surface area contributed by atoms with E-state index in [1.165, 1.54) is 16.0 Å². The summed E-state index contributed by atoms with van der Waals surface area (Å²) in [4.78, 5) is 28.2. The summed E-state index contributed by atoms with van der Waals surface area (Å²) in [6.45, 7) is 8.83. The Labute approximate surface area is 192 Å². The number of carboxylic acid groups (broad SMARTS) is 1. The fraction of sp³-hybridized carbons (Fsp3) is 0.417. The fourth-order valence-electron chi connectivity index (χ4n) is 3.95. The highest BCUT2D eigenvalue weighted by atomic mass is 127. The van der Waals surface area contributed by atoms with Crippen molar-refractivity contribution in [1.82, 2.24) is 9.80 Å². The number of fused-ring (bicyclic) bond motifs is 1. The van der Waals surface area contributed by atoms with Crippen LogP contribution in [0.4, 0.5) is 4.79 Å². The lowest BCUT2D eigenvalue weighted by atomic mass is 9.94. The molecular formula is C24H29IN2O3. The molecule has 1 aliphatic rings. The molecule has 0 aromatic heterocycles. The van der Waals surface area contributed by atoms with Crippen LogP contribution in [0.25, 0.3) is 0 Å². The van der Waals surface area contributed by atoms with Crippen molar-refractivity contribution in [1.29, 1.82) is 0 Å². The minimum absolute atomic E-state index is 0.0507. The van der Waals surface area contributed by atoms with Crippen LogP contribution in [0.2, 0.25) is 0 Å². The average molecular weight is 520 g/mol. The average Bonchev–Trinajstić information content (AvgIpc) is 2.66. The highest BCUT2D eigenvalue weighted by molar-refractivity contribution is 14.1. The van der Waals surface area contributed by atoms with E-state index in [4.69, 9.17) is 0 Å². The van der Waals surface area contributed by atoms with Crippen molar-refractivity contribution < 1.29 is 14.7 Å². The molecule has 0 bridgehead atoms. The molecule has 2 aromatic rings. The van der Waals surface area contributed by atoms with E-state index in [9.17, 15) is 14.7 Å². The number of nitrogens with zero attached hydrogens (tertiary/aromatic N) is 2. The second-order valence-electron chi connectivity index (χ2n) is 8.92. The molecule has 0 aliphatic carbocycles. The van der Waals surface area contributed by atoms with Crippen molar-refractivity contribution in [3.8, 4) is 0 Å². The van der Waals surface area contributed by atoms with E-state index in [0.717, 1.165) is 15.6 Å². The number of amides is 2. The topological polar surface area (TPSA) is 60.9 Å². The van der Waals surface area contributed by atoms with Crippen molar-refractivity contribution in [3.05, 3.63) is 68.3 Å². The highest BCUT2D eigenvalue weighted by Crippen LogP contribution is 2.26. The number of carbonyl (C=O) groups excluding carboxylic acids is 1. The Balaban J connectivity index is 1.74. The van der Waals surface area contributed by atoms with E-state index in [2.05, 4.69) is 47.7 Å². The lowest BCUT2D eigenvalue weighted by Crippen LogP contribution is -2.45. The smallest absolute Gasteiger partial charge is 0.407 e. The number of benzene rings is 2. The van der Waals surface area contributed by atoms with Gasteiger partial charge in [-0.2, -0.15) is 0 Å². The molecule has 0 spiro atoms. The van der Waals surface area contributed by atoms with Crippen LogP contribution in [0.15, 0.2) is 42.5 Å². The molecule has 0 radical (unpaired) electrons. The van der Waals surface area contributed by atoms with Crippen molar-refractivity contribution >= 4 is 34.6 Å². The summed E-state index contributed by atoms with van der Waals surface area (Å²) in [5.74, 6) is 0.0507. The molecule has 2 amide bonds. The second-order valence-corrected chi connectivity index (χ2v) is 10.1. The van der Waals surface area contributed by atoms with Gasteiger partial charge in [-0.15, -0.1) is 0 Å². The van der Waals surface area contributed by atoms with Crippen LogP contribution in [0.1, 0.15) is 54.7 Å². The monoisotopic (exact) mass is 520 g/mol. The molecule has 5 nitrogen and oxygen atoms in total. The van der Waals surface area contributed by atoms with Crippen LogP contribution in [0.5, 0.6) is 0 Å². The maximum absolute atomic E-state index is 13.3. The number of hydrogen-bond acceptors (Lipinski definition) is 2. The minimum Gasteiger partial charge on any atom is -0.465 e. The Morgan fingerprint density at radius 1 is 1.17 bits per heavy atom. The number of carbonyl (C=O) groups is 2. The van der Waals surface area contributed by atoms with Crippen LogP contribution >= 0.6 is 22.6 Å². The van der Waals surface area contributed by atoms with Crippen molar-refractivity contribution in [2.75, 3.05) is 6.54 Å². The Bertz CT molecular complexity index is 952. The van der Waals surface area contributed by atoms with Gasteiger partial charge < -0.3 is 14.9 Å². The van der Waals surface area contributed by atoms with Gasteiger partial charge in [0.25, 0.3) is 5.91 Å².